The number of phenolic OH excluding ortho intramolecular Hbond substituents is 2. The lowest BCUT2D eigenvalue weighted by molar-refractivity contribution is 0.103. The average molecular weight is 629 g/mol. The molecule has 4 N–H and O–H groups in total. The van der Waals surface area contributed by atoms with Crippen LogP contribution in [-0.4, -0.2) is 33.7 Å². The summed E-state index contributed by atoms with van der Waals surface area (Å²) in [6, 6.07) is 35.7. The Hall–Kier alpha value is -6.80. The molecule has 1 heterocycles. The zero-order chi connectivity index (χ0) is 33.0. The van der Waals surface area contributed by atoms with Crippen LogP contribution >= 0.6 is 0 Å². The van der Waals surface area contributed by atoms with E-state index in [1.807, 2.05) is 72.8 Å². The Morgan fingerprint density at radius 2 is 1.06 bits per heavy atom. The van der Waals surface area contributed by atoms with Gasteiger partial charge in [-0.3, -0.25) is 14.6 Å². The van der Waals surface area contributed by atoms with Gasteiger partial charge in [-0.2, -0.15) is 0 Å². The maximum absolute atomic E-state index is 13.9. The van der Waals surface area contributed by atoms with Crippen LogP contribution < -0.4 is 10.6 Å². The average Bonchev–Trinajstić information content (AvgIpc) is 3.10. The zero-order valence-electron chi connectivity index (χ0n) is 25.5. The van der Waals surface area contributed by atoms with Gasteiger partial charge in [-0.15, -0.1) is 0 Å². The summed E-state index contributed by atoms with van der Waals surface area (Å²) in [4.78, 5) is 37.3. The number of Topliss-reactive ketones (excluding diaryl/α,β-unsaturated/α-hetero) is 2. The number of para-hydroxylation sites is 2. The number of anilines is 2. The molecule has 0 aliphatic carbocycles. The summed E-state index contributed by atoms with van der Waals surface area (Å²) in [6.07, 6.45) is 6.14. The van der Waals surface area contributed by atoms with Gasteiger partial charge in [-0.05, 0) is 76.2 Å². The van der Waals surface area contributed by atoms with Gasteiger partial charge >= 0.3 is 0 Å². The highest BCUT2D eigenvalue weighted by atomic mass is 16.3. The van der Waals surface area contributed by atoms with E-state index in [0.29, 0.717) is 22.7 Å². The van der Waals surface area contributed by atoms with Crippen molar-refractivity contribution >= 4 is 67.8 Å². The minimum Gasteiger partial charge on any atom is -0.507 e. The van der Waals surface area contributed by atoms with Crippen LogP contribution in [0.2, 0.25) is 0 Å². The van der Waals surface area contributed by atoms with Crippen LogP contribution in [0.1, 0.15) is 20.7 Å². The standard InChI is InChI=1S/C40H28N4O4/c45-37-15-7-5-13-30(37)39(47)29-23-42-34-20-26-10-2-1-9-25(26)19-33(34)41-18-17-32(40(48)31-14-6-8-16-38(31)46)44-36-22-28-12-4-3-11-27(28)21-35(36)43-24-29/h1-24,41,43,45-46H/b18-17+,29-24-,42-23?,44-32?. The fourth-order valence-electron chi connectivity index (χ4n) is 5.47. The first-order chi connectivity index (χ1) is 23.4. The molecular formula is C40H28N4O4. The van der Waals surface area contributed by atoms with Crippen molar-refractivity contribution in [3.63, 3.8) is 0 Å². The Labute approximate surface area is 275 Å². The van der Waals surface area contributed by atoms with Gasteiger partial charge in [-0.25, -0.2) is 4.99 Å². The highest BCUT2D eigenvalue weighted by Gasteiger charge is 2.19. The number of nitrogens with zero attached hydrogens (tertiary/aromatic N) is 2. The fourth-order valence-corrected chi connectivity index (χ4v) is 5.47. The normalized spacial score (nSPS) is 14.7. The van der Waals surface area contributed by atoms with Crippen LogP contribution in [0.5, 0.6) is 11.5 Å². The van der Waals surface area contributed by atoms with Crippen molar-refractivity contribution in [3.8, 4) is 11.5 Å². The molecule has 0 aromatic heterocycles. The summed E-state index contributed by atoms with van der Waals surface area (Å²) in [5.74, 6) is -1.25. The number of carbonyl (C=O) groups is 2. The number of nitrogens with one attached hydrogen (secondary N) is 2. The van der Waals surface area contributed by atoms with E-state index in [4.69, 9.17) is 9.98 Å². The molecule has 8 heteroatoms. The first-order valence-electron chi connectivity index (χ1n) is 15.2. The number of fused-ring (bicyclic) bond motifs is 4. The van der Waals surface area contributed by atoms with Crippen molar-refractivity contribution < 1.29 is 19.8 Å². The molecule has 0 atom stereocenters. The van der Waals surface area contributed by atoms with Crippen molar-refractivity contribution in [2.45, 2.75) is 0 Å². The molecule has 7 rings (SSSR count). The van der Waals surface area contributed by atoms with Gasteiger partial charge in [0, 0.05) is 18.6 Å². The summed E-state index contributed by atoms with van der Waals surface area (Å²) >= 11 is 0. The Morgan fingerprint density at radius 3 is 1.67 bits per heavy atom. The van der Waals surface area contributed by atoms with Crippen molar-refractivity contribution in [3.05, 3.63) is 157 Å². The van der Waals surface area contributed by atoms with E-state index in [9.17, 15) is 19.8 Å². The molecule has 6 aromatic rings. The molecule has 6 aromatic carbocycles. The molecule has 0 saturated carbocycles. The summed E-state index contributed by atoms with van der Waals surface area (Å²) in [7, 11) is 0. The molecule has 1 aliphatic rings. The summed E-state index contributed by atoms with van der Waals surface area (Å²) in [6.45, 7) is 0. The molecule has 0 fully saturated rings. The predicted molar refractivity (Wildman–Crippen MR) is 192 cm³/mol. The summed E-state index contributed by atoms with van der Waals surface area (Å²) in [5, 5.41) is 31.2. The lowest BCUT2D eigenvalue weighted by Crippen LogP contribution is -2.13. The third-order valence-electron chi connectivity index (χ3n) is 7.97. The van der Waals surface area contributed by atoms with Gasteiger partial charge in [0.15, 0.2) is 5.78 Å². The first kappa shape index (κ1) is 29.9. The monoisotopic (exact) mass is 628 g/mol. The van der Waals surface area contributed by atoms with Crippen LogP contribution in [0.3, 0.4) is 0 Å². The highest BCUT2D eigenvalue weighted by Crippen LogP contribution is 2.34. The quantitative estimate of drug-likeness (QED) is 0.145. The molecule has 0 amide bonds. The minimum absolute atomic E-state index is 0.0553. The third kappa shape index (κ3) is 6.05. The molecule has 232 valence electrons. The van der Waals surface area contributed by atoms with E-state index < -0.39 is 11.6 Å². The van der Waals surface area contributed by atoms with E-state index in [-0.39, 0.29) is 33.9 Å². The maximum atomic E-state index is 13.9. The van der Waals surface area contributed by atoms with Gasteiger partial charge in [-0.1, -0.05) is 72.8 Å². The van der Waals surface area contributed by atoms with Gasteiger partial charge in [0.25, 0.3) is 0 Å². The lowest BCUT2D eigenvalue weighted by Gasteiger charge is -2.13. The van der Waals surface area contributed by atoms with Gasteiger partial charge in [0.2, 0.25) is 5.78 Å². The molecule has 0 radical (unpaired) electrons. The fraction of sp³-hybridized carbons (Fsp3) is 0. The van der Waals surface area contributed by atoms with Gasteiger partial charge in [0.1, 0.15) is 17.2 Å². The van der Waals surface area contributed by atoms with E-state index >= 15 is 0 Å². The second-order valence-electron chi connectivity index (χ2n) is 11.1. The third-order valence-corrected chi connectivity index (χ3v) is 7.97. The number of rotatable bonds is 4. The molecule has 0 bridgehead atoms. The van der Waals surface area contributed by atoms with Crippen LogP contribution in [0.25, 0.3) is 21.5 Å². The number of benzene rings is 6. The SMILES string of the molecule is O=C(C1=Nc2cc3ccccc3cc2N/C=C(\C(=O)c2ccccc2O)C=Nc2cc3ccccc3cc2N/C=C/1)c1ccccc1O. The highest BCUT2D eigenvalue weighted by molar-refractivity contribution is 6.50. The number of hydrogen-bond donors (Lipinski definition) is 4. The van der Waals surface area contributed by atoms with Crippen molar-refractivity contribution in [1.29, 1.82) is 0 Å². The second kappa shape index (κ2) is 12.9. The number of ketones is 2. The second-order valence-corrected chi connectivity index (χ2v) is 11.1. The number of carbonyl (C=O) groups excluding carboxylic acids is 2. The van der Waals surface area contributed by atoms with E-state index in [1.165, 1.54) is 24.5 Å². The maximum Gasteiger partial charge on any atom is 0.215 e. The number of aliphatic imine (C=N–C) groups is 2. The number of hydrogen-bond acceptors (Lipinski definition) is 8. The molecule has 48 heavy (non-hydrogen) atoms. The predicted octanol–water partition coefficient (Wildman–Crippen LogP) is 8.88. The van der Waals surface area contributed by atoms with Crippen molar-refractivity contribution in [1.82, 2.24) is 0 Å². The topological polar surface area (TPSA) is 123 Å². The van der Waals surface area contributed by atoms with E-state index in [0.717, 1.165) is 21.5 Å². The van der Waals surface area contributed by atoms with Crippen LogP contribution in [0.4, 0.5) is 22.7 Å². The van der Waals surface area contributed by atoms with Crippen molar-refractivity contribution in [2.75, 3.05) is 10.6 Å². The summed E-state index contributed by atoms with van der Waals surface area (Å²) < 4.78 is 0. The molecule has 0 saturated heterocycles. The number of phenols is 2. The number of allylic oxidation sites excluding steroid dienone is 2. The van der Waals surface area contributed by atoms with Crippen molar-refractivity contribution in [2.24, 2.45) is 9.98 Å². The van der Waals surface area contributed by atoms with Gasteiger partial charge in [0.05, 0.1) is 39.4 Å². The Balaban J connectivity index is 1.45. The Morgan fingerprint density at radius 1 is 0.562 bits per heavy atom. The molecule has 1 aliphatic heterocycles. The van der Waals surface area contributed by atoms with E-state index in [2.05, 4.69) is 10.6 Å². The Kier molecular flexibility index (Phi) is 8.03. The molecule has 0 spiro atoms. The summed E-state index contributed by atoms with van der Waals surface area (Å²) in [5.41, 5.74) is 2.51. The lowest BCUT2D eigenvalue weighted by atomic mass is 10.0. The Bertz CT molecular complexity index is 2370. The zero-order valence-corrected chi connectivity index (χ0v) is 25.5. The largest absolute Gasteiger partial charge is 0.507 e. The smallest absolute Gasteiger partial charge is 0.215 e. The minimum atomic E-state index is -0.486. The van der Waals surface area contributed by atoms with Crippen LogP contribution in [0, 0.1) is 0 Å². The number of aromatic hydroxyl groups is 2. The van der Waals surface area contributed by atoms with Crippen LogP contribution in [0.15, 0.2) is 155 Å². The molecular weight excluding hydrogens is 600 g/mol. The van der Waals surface area contributed by atoms with Crippen LogP contribution in [-0.2, 0) is 0 Å². The first-order valence-corrected chi connectivity index (χ1v) is 15.2. The molecule has 8 nitrogen and oxygen atoms in total. The van der Waals surface area contributed by atoms with E-state index in [1.54, 1.807) is 48.7 Å². The molecule has 0 unspecified atom stereocenters. The van der Waals surface area contributed by atoms with Gasteiger partial charge < -0.3 is 20.8 Å².